The minimum atomic E-state index is 0.261. The van der Waals surface area contributed by atoms with Gasteiger partial charge in [0, 0.05) is 18.8 Å². The van der Waals surface area contributed by atoms with E-state index in [1.807, 2.05) is 18.2 Å². The summed E-state index contributed by atoms with van der Waals surface area (Å²) >= 11 is 0. The Morgan fingerprint density at radius 1 is 1.22 bits per heavy atom. The van der Waals surface area contributed by atoms with Gasteiger partial charge in [-0.3, -0.25) is 0 Å². The molecule has 138 valence electrons. The molecule has 0 saturated carbocycles. The van der Waals surface area contributed by atoms with Crippen LogP contribution in [0.3, 0.4) is 0 Å². The Balaban J connectivity index is 1.64. The maximum absolute atomic E-state index is 6.12. The predicted octanol–water partition coefficient (Wildman–Crippen LogP) is 2.77. The Labute approximate surface area is 155 Å². The van der Waals surface area contributed by atoms with Crippen molar-refractivity contribution in [3.63, 3.8) is 0 Å². The van der Waals surface area contributed by atoms with E-state index in [-0.39, 0.29) is 6.04 Å². The minimum absolute atomic E-state index is 0.261. The number of ether oxygens (including phenoxy) is 2. The van der Waals surface area contributed by atoms with Gasteiger partial charge >= 0.3 is 0 Å². The van der Waals surface area contributed by atoms with Crippen LogP contribution < -0.4 is 9.64 Å². The smallest absolute Gasteiger partial charge is 0.231 e. The van der Waals surface area contributed by atoms with Crippen molar-refractivity contribution in [1.82, 2.24) is 19.6 Å². The van der Waals surface area contributed by atoms with Crippen LogP contribution in [-0.2, 0) is 4.74 Å². The van der Waals surface area contributed by atoms with Gasteiger partial charge < -0.3 is 18.8 Å². The third kappa shape index (κ3) is 2.60. The number of methoxy groups -OCH3 is 1. The summed E-state index contributed by atoms with van der Waals surface area (Å²) in [5, 5.41) is 5.43. The van der Waals surface area contributed by atoms with Gasteiger partial charge in [-0.25, -0.2) is 14.5 Å². The van der Waals surface area contributed by atoms with E-state index < -0.39 is 0 Å². The van der Waals surface area contributed by atoms with Gasteiger partial charge in [-0.1, -0.05) is 0 Å². The van der Waals surface area contributed by atoms with E-state index in [1.54, 1.807) is 30.1 Å². The third-order valence-corrected chi connectivity index (χ3v) is 4.86. The summed E-state index contributed by atoms with van der Waals surface area (Å²) in [7, 11) is 1.59. The minimum Gasteiger partial charge on any atom is -0.480 e. The molecule has 1 fully saturated rings. The molecule has 1 saturated heterocycles. The molecule has 0 bridgehead atoms. The molecule has 8 nitrogen and oxygen atoms in total. The highest BCUT2D eigenvalue weighted by atomic mass is 16.5. The molecule has 1 atom stereocenters. The van der Waals surface area contributed by atoms with Crippen LogP contribution in [0.5, 0.6) is 5.88 Å². The van der Waals surface area contributed by atoms with Gasteiger partial charge in [-0.2, -0.15) is 0 Å². The SMILES string of the molecule is COc1ccc2ncc(-c3cc4c(N5CCOC[C@@H]5C)nccc4o3)n2n1. The summed E-state index contributed by atoms with van der Waals surface area (Å²) in [4.78, 5) is 11.3. The molecule has 0 aliphatic carbocycles. The molecule has 5 heterocycles. The lowest BCUT2D eigenvalue weighted by molar-refractivity contribution is 0.0987. The maximum Gasteiger partial charge on any atom is 0.231 e. The zero-order valence-electron chi connectivity index (χ0n) is 15.1. The fourth-order valence-electron chi connectivity index (χ4n) is 3.48. The first kappa shape index (κ1) is 16.1. The number of anilines is 1. The monoisotopic (exact) mass is 365 g/mol. The van der Waals surface area contributed by atoms with Crippen LogP contribution in [0.15, 0.2) is 41.1 Å². The summed E-state index contributed by atoms with van der Waals surface area (Å²) in [5.41, 5.74) is 2.28. The number of hydrogen-bond acceptors (Lipinski definition) is 7. The second-order valence-corrected chi connectivity index (χ2v) is 6.56. The number of aromatic nitrogens is 4. The van der Waals surface area contributed by atoms with Crippen molar-refractivity contribution in [3.8, 4) is 17.3 Å². The average molecular weight is 365 g/mol. The standard InChI is InChI=1S/C19H19N5O3/c1-12-11-26-8-7-23(12)19-13-9-16(27-15(13)5-6-20-19)14-10-21-17-3-4-18(25-2)22-24(14)17/h3-6,9-10,12H,7-8,11H2,1-2H3/t12-/m0/s1. The Kier molecular flexibility index (Phi) is 3.71. The number of fused-ring (bicyclic) bond motifs is 2. The second-order valence-electron chi connectivity index (χ2n) is 6.56. The molecule has 0 spiro atoms. The summed E-state index contributed by atoms with van der Waals surface area (Å²) in [5.74, 6) is 2.12. The normalized spacial score (nSPS) is 17.7. The van der Waals surface area contributed by atoms with Gasteiger partial charge in [0.1, 0.15) is 17.1 Å². The summed E-state index contributed by atoms with van der Waals surface area (Å²) < 4.78 is 18.6. The van der Waals surface area contributed by atoms with Gasteiger partial charge in [0.15, 0.2) is 11.4 Å². The maximum atomic E-state index is 6.12. The van der Waals surface area contributed by atoms with E-state index in [0.717, 1.165) is 34.7 Å². The van der Waals surface area contributed by atoms with Crippen molar-refractivity contribution in [3.05, 3.63) is 36.7 Å². The molecule has 0 amide bonds. The Hall–Kier alpha value is -3.13. The first-order chi connectivity index (χ1) is 13.2. The number of morpholine rings is 1. The van der Waals surface area contributed by atoms with E-state index in [4.69, 9.17) is 13.9 Å². The quantitative estimate of drug-likeness (QED) is 0.552. The van der Waals surface area contributed by atoms with Crippen LogP contribution in [0.25, 0.3) is 28.1 Å². The Morgan fingerprint density at radius 2 is 2.15 bits per heavy atom. The average Bonchev–Trinajstić information content (AvgIpc) is 3.31. The molecule has 8 heteroatoms. The second kappa shape index (κ2) is 6.24. The van der Waals surface area contributed by atoms with Gasteiger partial charge in [-0.15, -0.1) is 5.10 Å². The van der Waals surface area contributed by atoms with Crippen molar-refractivity contribution in [2.24, 2.45) is 0 Å². The zero-order valence-corrected chi connectivity index (χ0v) is 15.1. The fourth-order valence-corrected chi connectivity index (χ4v) is 3.48. The van der Waals surface area contributed by atoms with Crippen molar-refractivity contribution in [1.29, 1.82) is 0 Å². The third-order valence-electron chi connectivity index (χ3n) is 4.86. The molecule has 27 heavy (non-hydrogen) atoms. The number of furan rings is 1. The van der Waals surface area contributed by atoms with Gasteiger partial charge in [0.2, 0.25) is 5.88 Å². The van der Waals surface area contributed by atoms with Crippen molar-refractivity contribution in [2.45, 2.75) is 13.0 Å². The number of imidazole rings is 1. The number of pyridine rings is 1. The predicted molar refractivity (Wildman–Crippen MR) is 100 cm³/mol. The lowest BCUT2D eigenvalue weighted by atomic mass is 10.2. The number of rotatable bonds is 3. The molecule has 5 rings (SSSR count). The van der Waals surface area contributed by atoms with Crippen LogP contribution >= 0.6 is 0 Å². The van der Waals surface area contributed by atoms with E-state index in [1.165, 1.54) is 0 Å². The molecule has 0 aromatic carbocycles. The molecule has 4 aromatic heterocycles. The molecular formula is C19H19N5O3. The summed E-state index contributed by atoms with van der Waals surface area (Å²) in [6, 6.07) is 7.79. The molecule has 1 aliphatic heterocycles. The van der Waals surface area contributed by atoms with Crippen LogP contribution in [-0.4, -0.2) is 52.5 Å². The topological polar surface area (TPSA) is 77.9 Å². The zero-order chi connectivity index (χ0) is 18.4. The highest BCUT2D eigenvalue weighted by molar-refractivity contribution is 5.92. The van der Waals surface area contributed by atoms with E-state index in [2.05, 4.69) is 26.9 Å². The van der Waals surface area contributed by atoms with E-state index in [0.29, 0.717) is 24.9 Å². The molecule has 0 unspecified atom stereocenters. The van der Waals surface area contributed by atoms with Gasteiger partial charge in [0.25, 0.3) is 0 Å². The summed E-state index contributed by atoms with van der Waals surface area (Å²) in [6.45, 7) is 4.34. The molecule has 4 aromatic rings. The molecule has 0 N–H and O–H groups in total. The van der Waals surface area contributed by atoms with Crippen molar-refractivity contribution >= 4 is 22.4 Å². The largest absolute Gasteiger partial charge is 0.480 e. The highest BCUT2D eigenvalue weighted by Gasteiger charge is 2.24. The summed E-state index contributed by atoms with van der Waals surface area (Å²) in [6.07, 6.45) is 3.53. The lowest BCUT2D eigenvalue weighted by Gasteiger charge is -2.34. The molecule has 0 radical (unpaired) electrons. The Morgan fingerprint density at radius 3 is 3.00 bits per heavy atom. The van der Waals surface area contributed by atoms with Crippen LogP contribution in [0.1, 0.15) is 6.92 Å². The van der Waals surface area contributed by atoms with Crippen molar-refractivity contribution < 1.29 is 13.9 Å². The van der Waals surface area contributed by atoms with Crippen LogP contribution in [0.2, 0.25) is 0 Å². The molecular weight excluding hydrogens is 346 g/mol. The van der Waals surface area contributed by atoms with Gasteiger partial charge in [-0.05, 0) is 25.1 Å². The fraction of sp³-hybridized carbons (Fsp3) is 0.316. The highest BCUT2D eigenvalue weighted by Crippen LogP contribution is 2.34. The van der Waals surface area contributed by atoms with Crippen LogP contribution in [0, 0.1) is 0 Å². The molecule has 1 aliphatic rings. The Bertz CT molecular complexity index is 1120. The first-order valence-electron chi connectivity index (χ1n) is 8.86. The lowest BCUT2D eigenvalue weighted by Crippen LogP contribution is -2.44. The van der Waals surface area contributed by atoms with E-state index >= 15 is 0 Å². The first-order valence-corrected chi connectivity index (χ1v) is 8.86. The van der Waals surface area contributed by atoms with Gasteiger partial charge in [0.05, 0.1) is 37.9 Å². The van der Waals surface area contributed by atoms with E-state index in [9.17, 15) is 0 Å². The van der Waals surface area contributed by atoms with Crippen LogP contribution in [0.4, 0.5) is 5.82 Å². The number of hydrogen-bond donors (Lipinski definition) is 0. The number of nitrogens with zero attached hydrogens (tertiary/aromatic N) is 5. The van der Waals surface area contributed by atoms with Crippen molar-refractivity contribution in [2.75, 3.05) is 31.8 Å².